The maximum atomic E-state index is 11.6. The van der Waals surface area contributed by atoms with Crippen molar-refractivity contribution in [2.24, 2.45) is 11.3 Å². The first-order valence-corrected chi connectivity index (χ1v) is 5.84. The summed E-state index contributed by atoms with van der Waals surface area (Å²) in [4.78, 5) is 24.6. The summed E-state index contributed by atoms with van der Waals surface area (Å²) in [5.41, 5.74) is -0.334. The number of hydrogen-bond acceptors (Lipinski definition) is 2. The van der Waals surface area contributed by atoms with Crippen molar-refractivity contribution < 1.29 is 9.59 Å². The Kier molecular flexibility index (Phi) is 3.94. The Bertz CT molecular complexity index is 281. The molecule has 1 rings (SSSR count). The van der Waals surface area contributed by atoms with Gasteiger partial charge in [-0.1, -0.05) is 20.8 Å². The second kappa shape index (κ2) is 4.85. The number of carbonyl (C=O) groups is 2. The van der Waals surface area contributed by atoms with Gasteiger partial charge >= 0.3 is 0 Å². The van der Waals surface area contributed by atoms with E-state index in [0.29, 0.717) is 12.5 Å². The van der Waals surface area contributed by atoms with Gasteiger partial charge < -0.3 is 10.2 Å². The number of hydrogen-bond donors (Lipinski definition) is 1. The van der Waals surface area contributed by atoms with Gasteiger partial charge in [0, 0.05) is 32.0 Å². The van der Waals surface area contributed by atoms with Crippen molar-refractivity contribution in [3.8, 4) is 0 Å². The van der Waals surface area contributed by atoms with Crippen LogP contribution in [0.1, 0.15) is 34.1 Å². The Morgan fingerprint density at radius 2 is 2.00 bits per heavy atom. The fourth-order valence-corrected chi connectivity index (χ4v) is 1.79. The molecule has 1 aliphatic rings. The number of nitrogens with one attached hydrogen (secondary N) is 1. The Morgan fingerprint density at radius 1 is 1.38 bits per heavy atom. The molecule has 4 nitrogen and oxygen atoms in total. The SMILES string of the molecule is CC(=O)N1CCC(CNC(=O)C(C)(C)C)C1. The predicted octanol–water partition coefficient (Wildman–Crippen LogP) is 1.02. The lowest BCUT2D eigenvalue weighted by Crippen LogP contribution is -2.38. The summed E-state index contributed by atoms with van der Waals surface area (Å²) < 4.78 is 0. The molecule has 1 heterocycles. The zero-order chi connectivity index (χ0) is 12.3. The van der Waals surface area contributed by atoms with Crippen LogP contribution in [-0.2, 0) is 9.59 Å². The standard InChI is InChI=1S/C12H22N2O2/c1-9(15)14-6-5-10(8-14)7-13-11(16)12(2,3)4/h10H,5-8H2,1-4H3,(H,13,16). The first-order chi connectivity index (χ1) is 7.30. The predicted molar refractivity (Wildman–Crippen MR) is 62.8 cm³/mol. The third-order valence-corrected chi connectivity index (χ3v) is 2.96. The van der Waals surface area contributed by atoms with E-state index < -0.39 is 0 Å². The molecule has 1 N–H and O–H groups in total. The average Bonchev–Trinajstić information content (AvgIpc) is 2.60. The smallest absolute Gasteiger partial charge is 0.225 e. The first-order valence-electron chi connectivity index (χ1n) is 5.84. The highest BCUT2D eigenvalue weighted by Crippen LogP contribution is 2.17. The molecule has 0 aromatic heterocycles. The highest BCUT2D eigenvalue weighted by molar-refractivity contribution is 5.81. The van der Waals surface area contributed by atoms with E-state index >= 15 is 0 Å². The van der Waals surface area contributed by atoms with Crippen LogP contribution in [0.4, 0.5) is 0 Å². The third kappa shape index (κ3) is 3.51. The molecular formula is C12H22N2O2. The van der Waals surface area contributed by atoms with E-state index in [9.17, 15) is 9.59 Å². The van der Waals surface area contributed by atoms with Crippen LogP contribution < -0.4 is 5.32 Å². The molecule has 16 heavy (non-hydrogen) atoms. The van der Waals surface area contributed by atoms with E-state index in [4.69, 9.17) is 0 Å². The van der Waals surface area contributed by atoms with Crippen LogP contribution in [0.3, 0.4) is 0 Å². The van der Waals surface area contributed by atoms with Crippen molar-refractivity contribution in [3.05, 3.63) is 0 Å². The molecule has 1 saturated heterocycles. The summed E-state index contributed by atoms with van der Waals surface area (Å²) in [5, 5.41) is 2.95. The van der Waals surface area contributed by atoms with Crippen LogP contribution in [-0.4, -0.2) is 36.3 Å². The van der Waals surface area contributed by atoms with Gasteiger partial charge in [-0.3, -0.25) is 9.59 Å². The fourth-order valence-electron chi connectivity index (χ4n) is 1.79. The van der Waals surface area contributed by atoms with E-state index in [0.717, 1.165) is 19.5 Å². The molecule has 1 atom stereocenters. The van der Waals surface area contributed by atoms with Gasteiger partial charge in [-0.15, -0.1) is 0 Å². The summed E-state index contributed by atoms with van der Waals surface area (Å²) in [6.45, 7) is 9.58. The van der Waals surface area contributed by atoms with Gasteiger partial charge in [-0.25, -0.2) is 0 Å². The van der Waals surface area contributed by atoms with Gasteiger partial charge in [0.1, 0.15) is 0 Å². The van der Waals surface area contributed by atoms with Crippen molar-refractivity contribution in [2.75, 3.05) is 19.6 Å². The van der Waals surface area contributed by atoms with Crippen LogP contribution in [0.15, 0.2) is 0 Å². The second-order valence-corrected chi connectivity index (χ2v) is 5.58. The minimum Gasteiger partial charge on any atom is -0.355 e. The van der Waals surface area contributed by atoms with Crippen LogP contribution in [0.2, 0.25) is 0 Å². The van der Waals surface area contributed by atoms with Gasteiger partial charge in [-0.05, 0) is 12.3 Å². The minimum absolute atomic E-state index is 0.0776. The number of rotatable bonds is 2. The highest BCUT2D eigenvalue weighted by Gasteiger charge is 2.26. The maximum absolute atomic E-state index is 11.6. The number of nitrogens with zero attached hydrogens (tertiary/aromatic N) is 1. The van der Waals surface area contributed by atoms with Gasteiger partial charge in [-0.2, -0.15) is 0 Å². The van der Waals surface area contributed by atoms with Gasteiger partial charge in [0.2, 0.25) is 11.8 Å². The lowest BCUT2D eigenvalue weighted by atomic mass is 9.95. The lowest BCUT2D eigenvalue weighted by molar-refractivity contribution is -0.128. The van der Waals surface area contributed by atoms with Crippen molar-refractivity contribution >= 4 is 11.8 Å². The third-order valence-electron chi connectivity index (χ3n) is 2.96. The Hall–Kier alpha value is -1.06. The first kappa shape index (κ1) is 13.0. The van der Waals surface area contributed by atoms with Gasteiger partial charge in [0.05, 0.1) is 0 Å². The maximum Gasteiger partial charge on any atom is 0.225 e. The molecule has 0 radical (unpaired) electrons. The van der Waals surface area contributed by atoms with Crippen molar-refractivity contribution in [3.63, 3.8) is 0 Å². The summed E-state index contributed by atoms with van der Waals surface area (Å²) in [6, 6.07) is 0. The van der Waals surface area contributed by atoms with Crippen LogP contribution in [0.5, 0.6) is 0 Å². The second-order valence-electron chi connectivity index (χ2n) is 5.58. The molecule has 0 bridgehead atoms. The fraction of sp³-hybridized carbons (Fsp3) is 0.833. The molecule has 4 heteroatoms. The monoisotopic (exact) mass is 226 g/mol. The van der Waals surface area contributed by atoms with Gasteiger partial charge in [0.15, 0.2) is 0 Å². The Balaban J connectivity index is 2.31. The number of carbonyl (C=O) groups excluding carboxylic acids is 2. The molecule has 0 aromatic carbocycles. The Labute approximate surface area is 97.4 Å². The number of likely N-dealkylation sites (tertiary alicyclic amines) is 1. The molecule has 0 aliphatic carbocycles. The van der Waals surface area contributed by atoms with E-state index in [2.05, 4.69) is 5.32 Å². The average molecular weight is 226 g/mol. The number of amides is 2. The molecule has 1 unspecified atom stereocenters. The molecule has 1 aliphatic heterocycles. The summed E-state index contributed by atoms with van der Waals surface area (Å²) >= 11 is 0. The quantitative estimate of drug-likeness (QED) is 0.764. The zero-order valence-electron chi connectivity index (χ0n) is 10.7. The topological polar surface area (TPSA) is 49.4 Å². The summed E-state index contributed by atoms with van der Waals surface area (Å²) in [6.07, 6.45) is 0.990. The zero-order valence-corrected chi connectivity index (χ0v) is 10.7. The van der Waals surface area contributed by atoms with E-state index in [1.165, 1.54) is 0 Å². The minimum atomic E-state index is -0.334. The van der Waals surface area contributed by atoms with Gasteiger partial charge in [0.25, 0.3) is 0 Å². The largest absolute Gasteiger partial charge is 0.355 e. The summed E-state index contributed by atoms with van der Waals surface area (Å²) in [7, 11) is 0. The highest BCUT2D eigenvalue weighted by atomic mass is 16.2. The van der Waals surface area contributed by atoms with Crippen molar-refractivity contribution in [1.29, 1.82) is 0 Å². The van der Waals surface area contributed by atoms with Crippen LogP contribution in [0.25, 0.3) is 0 Å². The Morgan fingerprint density at radius 3 is 2.44 bits per heavy atom. The van der Waals surface area contributed by atoms with E-state index in [1.54, 1.807) is 6.92 Å². The van der Waals surface area contributed by atoms with E-state index in [-0.39, 0.29) is 17.2 Å². The molecule has 0 spiro atoms. The molecular weight excluding hydrogens is 204 g/mol. The molecule has 0 aromatic rings. The van der Waals surface area contributed by atoms with Crippen molar-refractivity contribution in [2.45, 2.75) is 34.1 Å². The van der Waals surface area contributed by atoms with Crippen molar-refractivity contribution in [1.82, 2.24) is 10.2 Å². The lowest BCUT2D eigenvalue weighted by Gasteiger charge is -2.20. The summed E-state index contributed by atoms with van der Waals surface area (Å²) in [5.74, 6) is 0.619. The molecule has 92 valence electrons. The molecule has 2 amide bonds. The molecule has 0 saturated carbocycles. The van der Waals surface area contributed by atoms with Crippen LogP contribution >= 0.6 is 0 Å². The van der Waals surface area contributed by atoms with E-state index in [1.807, 2.05) is 25.7 Å². The van der Waals surface area contributed by atoms with Crippen LogP contribution in [0, 0.1) is 11.3 Å². The normalized spacial score (nSPS) is 21.0. The molecule has 1 fully saturated rings.